The number of carbonyl (C=O) groups is 2. The van der Waals surface area contributed by atoms with Crippen LogP contribution < -0.4 is 10.6 Å². The van der Waals surface area contributed by atoms with Gasteiger partial charge in [-0.3, -0.25) is 9.59 Å². The number of hydrogen-bond acceptors (Lipinski definition) is 4. The molecule has 0 spiro atoms. The molecule has 1 aromatic carbocycles. The summed E-state index contributed by atoms with van der Waals surface area (Å²) in [6, 6.07) is 10.9. The van der Waals surface area contributed by atoms with Gasteiger partial charge in [-0.25, -0.2) is 0 Å². The Bertz CT molecular complexity index is 683. The number of benzene rings is 1. The fourth-order valence-corrected chi connectivity index (χ4v) is 2.75. The molecule has 0 aliphatic rings. The maximum atomic E-state index is 12.0. The molecule has 0 unspecified atom stereocenters. The van der Waals surface area contributed by atoms with Crippen molar-refractivity contribution in [3.8, 4) is 0 Å². The minimum absolute atomic E-state index is 0.0751. The Morgan fingerprint density at radius 2 is 2.04 bits per heavy atom. The van der Waals surface area contributed by atoms with Crippen LogP contribution in [0.25, 0.3) is 0 Å². The van der Waals surface area contributed by atoms with Crippen LogP contribution in [-0.4, -0.2) is 24.1 Å². The van der Waals surface area contributed by atoms with E-state index in [1.54, 1.807) is 23.9 Å². The van der Waals surface area contributed by atoms with Crippen molar-refractivity contribution < 1.29 is 14.0 Å². The summed E-state index contributed by atoms with van der Waals surface area (Å²) in [5, 5.41) is 5.63. The number of thioether (sulfide) groups is 1. The Hall–Kier alpha value is -2.47. The van der Waals surface area contributed by atoms with Crippen molar-refractivity contribution in [2.45, 2.75) is 17.7 Å². The van der Waals surface area contributed by atoms with Gasteiger partial charge in [0.05, 0.1) is 12.0 Å². The summed E-state index contributed by atoms with van der Waals surface area (Å²) in [4.78, 5) is 24.7. The van der Waals surface area contributed by atoms with E-state index in [1.807, 2.05) is 30.3 Å². The van der Waals surface area contributed by atoms with E-state index in [1.165, 1.54) is 6.26 Å². The summed E-state index contributed by atoms with van der Waals surface area (Å²) in [6.45, 7) is 4.12. The SMILES string of the molecule is C=CCSc1ccccc1NC(=O)CCCNC(=O)c1ccco1. The monoisotopic (exact) mass is 344 g/mol. The van der Waals surface area contributed by atoms with E-state index >= 15 is 0 Å². The zero-order valence-corrected chi connectivity index (χ0v) is 14.1. The predicted molar refractivity (Wildman–Crippen MR) is 96.3 cm³/mol. The average Bonchev–Trinajstić information content (AvgIpc) is 3.12. The summed E-state index contributed by atoms with van der Waals surface area (Å²) >= 11 is 1.62. The molecule has 2 amide bonds. The first-order valence-electron chi connectivity index (χ1n) is 7.65. The first kappa shape index (κ1) is 17.9. The first-order valence-corrected chi connectivity index (χ1v) is 8.63. The molecule has 2 aromatic rings. The molecule has 0 bridgehead atoms. The van der Waals surface area contributed by atoms with Crippen LogP contribution in [0.15, 0.2) is 64.6 Å². The van der Waals surface area contributed by atoms with Gasteiger partial charge < -0.3 is 15.1 Å². The highest BCUT2D eigenvalue weighted by molar-refractivity contribution is 7.99. The van der Waals surface area contributed by atoms with E-state index < -0.39 is 0 Å². The van der Waals surface area contributed by atoms with Gasteiger partial charge in [0.25, 0.3) is 5.91 Å². The third kappa shape index (κ3) is 5.62. The molecule has 2 rings (SSSR count). The second-order valence-electron chi connectivity index (χ2n) is 4.98. The Kier molecular flexibility index (Phi) is 7.17. The van der Waals surface area contributed by atoms with Gasteiger partial charge >= 0.3 is 0 Å². The standard InChI is InChI=1S/C18H20N2O3S/c1-2-13-24-16-9-4-3-7-14(16)20-17(21)10-5-11-19-18(22)15-8-6-12-23-15/h2-4,6-9,12H,1,5,10-11,13H2,(H,19,22)(H,20,21). The smallest absolute Gasteiger partial charge is 0.286 e. The topological polar surface area (TPSA) is 71.3 Å². The minimum atomic E-state index is -0.272. The number of furan rings is 1. The third-order valence-corrected chi connectivity index (χ3v) is 4.20. The summed E-state index contributed by atoms with van der Waals surface area (Å²) in [5.74, 6) is 0.708. The second-order valence-corrected chi connectivity index (χ2v) is 6.04. The largest absolute Gasteiger partial charge is 0.459 e. The van der Waals surface area contributed by atoms with Crippen molar-refractivity contribution in [2.75, 3.05) is 17.6 Å². The molecule has 2 N–H and O–H groups in total. The molecule has 126 valence electrons. The van der Waals surface area contributed by atoms with E-state index in [2.05, 4.69) is 17.2 Å². The lowest BCUT2D eigenvalue weighted by molar-refractivity contribution is -0.116. The molecule has 0 atom stereocenters. The molecule has 1 heterocycles. The highest BCUT2D eigenvalue weighted by atomic mass is 32.2. The van der Waals surface area contributed by atoms with E-state index in [0.717, 1.165) is 16.3 Å². The van der Waals surface area contributed by atoms with Crippen LogP contribution in [0, 0.1) is 0 Å². The molecular weight excluding hydrogens is 324 g/mol. The van der Waals surface area contributed by atoms with Gasteiger partial charge in [0.1, 0.15) is 0 Å². The van der Waals surface area contributed by atoms with E-state index in [4.69, 9.17) is 4.42 Å². The quantitative estimate of drug-likeness (QED) is 0.413. The maximum Gasteiger partial charge on any atom is 0.286 e. The molecule has 24 heavy (non-hydrogen) atoms. The van der Waals surface area contributed by atoms with Crippen molar-refractivity contribution in [2.24, 2.45) is 0 Å². The fourth-order valence-electron chi connectivity index (χ4n) is 2.00. The van der Waals surface area contributed by atoms with Gasteiger partial charge in [0.15, 0.2) is 5.76 Å². The molecule has 1 aromatic heterocycles. The van der Waals surface area contributed by atoms with Crippen LogP contribution in [0.2, 0.25) is 0 Å². The van der Waals surface area contributed by atoms with Crippen molar-refractivity contribution in [1.82, 2.24) is 5.32 Å². The number of anilines is 1. The van der Waals surface area contributed by atoms with Crippen molar-refractivity contribution >= 4 is 29.3 Å². The fraction of sp³-hybridized carbons (Fsp3) is 0.222. The van der Waals surface area contributed by atoms with E-state index in [9.17, 15) is 9.59 Å². The molecule has 0 aliphatic heterocycles. The van der Waals surface area contributed by atoms with E-state index in [0.29, 0.717) is 19.4 Å². The average molecular weight is 344 g/mol. The van der Waals surface area contributed by atoms with Crippen LogP contribution in [0.4, 0.5) is 5.69 Å². The molecular formula is C18H20N2O3S. The lowest BCUT2D eigenvalue weighted by Crippen LogP contribution is -2.25. The van der Waals surface area contributed by atoms with Crippen LogP contribution in [0.3, 0.4) is 0 Å². The lowest BCUT2D eigenvalue weighted by atomic mass is 10.2. The number of nitrogens with one attached hydrogen (secondary N) is 2. The molecule has 0 radical (unpaired) electrons. The van der Waals surface area contributed by atoms with E-state index in [-0.39, 0.29) is 17.6 Å². The van der Waals surface area contributed by atoms with Gasteiger partial charge in [-0.15, -0.1) is 18.3 Å². The van der Waals surface area contributed by atoms with Crippen LogP contribution in [0.5, 0.6) is 0 Å². The summed E-state index contributed by atoms with van der Waals surface area (Å²) in [6.07, 6.45) is 4.16. The van der Waals surface area contributed by atoms with Gasteiger partial charge in [-0.1, -0.05) is 18.2 Å². The zero-order chi connectivity index (χ0) is 17.2. The highest BCUT2D eigenvalue weighted by Crippen LogP contribution is 2.27. The lowest BCUT2D eigenvalue weighted by Gasteiger charge is -2.10. The van der Waals surface area contributed by atoms with Gasteiger partial charge in [0.2, 0.25) is 5.91 Å². The Balaban J connectivity index is 1.73. The molecule has 0 saturated carbocycles. The number of carbonyl (C=O) groups excluding carboxylic acids is 2. The number of hydrogen-bond donors (Lipinski definition) is 2. The van der Waals surface area contributed by atoms with Crippen LogP contribution in [-0.2, 0) is 4.79 Å². The molecule has 0 saturated heterocycles. The molecule has 6 heteroatoms. The normalized spacial score (nSPS) is 10.2. The first-order chi connectivity index (χ1) is 11.7. The maximum absolute atomic E-state index is 12.0. The van der Waals surface area contributed by atoms with Crippen LogP contribution >= 0.6 is 11.8 Å². The van der Waals surface area contributed by atoms with Gasteiger partial charge in [-0.2, -0.15) is 0 Å². The van der Waals surface area contributed by atoms with Crippen molar-refractivity contribution in [3.05, 3.63) is 61.1 Å². The highest BCUT2D eigenvalue weighted by Gasteiger charge is 2.09. The number of amides is 2. The molecule has 0 fully saturated rings. The van der Waals surface area contributed by atoms with Crippen molar-refractivity contribution in [3.63, 3.8) is 0 Å². The summed E-state index contributed by atoms with van der Waals surface area (Å²) < 4.78 is 5.00. The predicted octanol–water partition coefficient (Wildman–Crippen LogP) is 3.71. The summed E-state index contributed by atoms with van der Waals surface area (Å²) in [7, 11) is 0. The Morgan fingerprint density at radius 1 is 1.21 bits per heavy atom. The Labute approximate surface area is 145 Å². The molecule has 0 aliphatic carbocycles. The summed E-state index contributed by atoms with van der Waals surface area (Å²) in [5.41, 5.74) is 0.800. The second kappa shape index (κ2) is 9.62. The number of rotatable bonds is 9. The number of para-hydroxylation sites is 1. The Morgan fingerprint density at radius 3 is 2.79 bits per heavy atom. The van der Waals surface area contributed by atoms with Crippen molar-refractivity contribution in [1.29, 1.82) is 0 Å². The van der Waals surface area contributed by atoms with Gasteiger partial charge in [0, 0.05) is 23.6 Å². The molecule has 5 nitrogen and oxygen atoms in total. The zero-order valence-electron chi connectivity index (χ0n) is 13.3. The minimum Gasteiger partial charge on any atom is -0.459 e. The van der Waals surface area contributed by atoms with Gasteiger partial charge in [-0.05, 0) is 30.7 Å². The van der Waals surface area contributed by atoms with Crippen LogP contribution in [0.1, 0.15) is 23.4 Å². The third-order valence-electron chi connectivity index (χ3n) is 3.13.